The third kappa shape index (κ3) is 5.97. The molecule has 0 saturated heterocycles. The Bertz CT molecular complexity index is 1390. The van der Waals surface area contributed by atoms with Crippen LogP contribution in [0.1, 0.15) is 46.0 Å². The first-order valence-electron chi connectivity index (χ1n) is 12.0. The molecule has 2 aromatic heterocycles. The smallest absolute Gasteiger partial charge is 0.276 e. The van der Waals surface area contributed by atoms with Crippen molar-refractivity contribution < 1.29 is 19.1 Å². The molecule has 0 bridgehead atoms. The summed E-state index contributed by atoms with van der Waals surface area (Å²) in [5.41, 5.74) is 3.25. The highest BCUT2D eigenvalue weighted by Gasteiger charge is 2.21. The molecule has 0 saturated carbocycles. The first-order chi connectivity index (χ1) is 17.9. The fraction of sp³-hybridized carbons (Fsp3) is 0.259. The summed E-state index contributed by atoms with van der Waals surface area (Å²) < 4.78 is 14.5. The minimum Gasteiger partial charge on any atom is -0.494 e. The van der Waals surface area contributed by atoms with Gasteiger partial charge in [-0.1, -0.05) is 12.1 Å². The zero-order valence-electron chi connectivity index (χ0n) is 21.3. The Morgan fingerprint density at radius 2 is 1.57 bits per heavy atom. The lowest BCUT2D eigenvalue weighted by atomic mass is 10.1. The lowest BCUT2D eigenvalue weighted by Crippen LogP contribution is -2.21. The number of rotatable bonds is 10. The minimum atomic E-state index is -0.386. The summed E-state index contributed by atoms with van der Waals surface area (Å²) in [6, 6.07) is 14.5. The van der Waals surface area contributed by atoms with Gasteiger partial charge in [0.2, 0.25) is 0 Å². The average molecular weight is 503 g/mol. The molecule has 0 unspecified atom stereocenters. The summed E-state index contributed by atoms with van der Waals surface area (Å²) in [4.78, 5) is 26.2. The van der Waals surface area contributed by atoms with Crippen LogP contribution in [0.15, 0.2) is 60.9 Å². The Kier molecular flexibility index (Phi) is 7.87. The molecule has 10 nitrogen and oxygen atoms in total. The number of hydrogen-bond donors (Lipinski definition) is 2. The summed E-state index contributed by atoms with van der Waals surface area (Å²) in [5.74, 6) is 0.738. The summed E-state index contributed by atoms with van der Waals surface area (Å²) in [6.07, 6.45) is 3.06. The van der Waals surface area contributed by atoms with E-state index in [0.29, 0.717) is 42.4 Å². The van der Waals surface area contributed by atoms with Gasteiger partial charge < -0.3 is 20.1 Å². The summed E-state index contributed by atoms with van der Waals surface area (Å²) >= 11 is 0. The third-order valence-corrected chi connectivity index (χ3v) is 5.82. The van der Waals surface area contributed by atoms with Gasteiger partial charge in [0.1, 0.15) is 23.8 Å². The van der Waals surface area contributed by atoms with E-state index in [-0.39, 0.29) is 17.5 Å². The Morgan fingerprint density at radius 1 is 0.892 bits per heavy atom. The summed E-state index contributed by atoms with van der Waals surface area (Å²) in [7, 11) is 1.80. The van der Waals surface area contributed by atoms with Crippen molar-refractivity contribution >= 4 is 23.2 Å². The maximum atomic E-state index is 13.1. The molecule has 0 aliphatic carbocycles. The highest BCUT2D eigenvalue weighted by atomic mass is 16.5. The number of benzene rings is 2. The molecule has 37 heavy (non-hydrogen) atoms. The number of anilines is 2. The molecule has 0 radical (unpaired) electrons. The predicted octanol–water partition coefficient (Wildman–Crippen LogP) is 4.43. The highest BCUT2D eigenvalue weighted by Crippen LogP contribution is 2.22. The van der Waals surface area contributed by atoms with E-state index in [0.717, 1.165) is 17.0 Å². The van der Waals surface area contributed by atoms with Gasteiger partial charge in [0.25, 0.3) is 11.8 Å². The van der Waals surface area contributed by atoms with Gasteiger partial charge in [-0.05, 0) is 62.7 Å². The molecule has 0 spiro atoms. The van der Waals surface area contributed by atoms with Crippen LogP contribution in [0.4, 0.5) is 11.4 Å². The van der Waals surface area contributed by atoms with Crippen LogP contribution in [-0.4, -0.2) is 38.0 Å². The van der Waals surface area contributed by atoms with Gasteiger partial charge in [-0.15, -0.1) is 0 Å². The van der Waals surface area contributed by atoms with Crippen molar-refractivity contribution in [1.82, 2.24) is 19.6 Å². The van der Waals surface area contributed by atoms with Crippen LogP contribution in [0.25, 0.3) is 0 Å². The Morgan fingerprint density at radius 3 is 2.22 bits per heavy atom. The highest BCUT2D eigenvalue weighted by molar-refractivity contribution is 6.11. The maximum Gasteiger partial charge on any atom is 0.276 e. The van der Waals surface area contributed by atoms with E-state index < -0.39 is 0 Å². The largest absolute Gasteiger partial charge is 0.494 e. The van der Waals surface area contributed by atoms with Gasteiger partial charge in [-0.3, -0.25) is 19.0 Å². The average Bonchev–Trinajstić information content (AvgIpc) is 3.46. The van der Waals surface area contributed by atoms with E-state index in [1.807, 2.05) is 51.1 Å². The van der Waals surface area contributed by atoms with E-state index in [2.05, 4.69) is 20.8 Å². The summed E-state index contributed by atoms with van der Waals surface area (Å²) in [6.45, 7) is 7.02. The van der Waals surface area contributed by atoms with Crippen LogP contribution in [0.3, 0.4) is 0 Å². The van der Waals surface area contributed by atoms with Crippen LogP contribution < -0.4 is 20.1 Å². The molecule has 0 atom stereocenters. The van der Waals surface area contributed by atoms with Crippen LogP contribution >= 0.6 is 0 Å². The number of hydrogen-bond acceptors (Lipinski definition) is 6. The van der Waals surface area contributed by atoms with Crippen LogP contribution in [0, 0.1) is 6.92 Å². The van der Waals surface area contributed by atoms with Crippen molar-refractivity contribution in [2.45, 2.75) is 33.9 Å². The van der Waals surface area contributed by atoms with Crippen molar-refractivity contribution in [3.63, 3.8) is 0 Å². The molecule has 2 N–H and O–H groups in total. The quantitative estimate of drug-likeness (QED) is 0.332. The van der Waals surface area contributed by atoms with Crippen molar-refractivity contribution in [3.8, 4) is 11.5 Å². The second-order valence-corrected chi connectivity index (χ2v) is 8.29. The molecule has 2 aromatic carbocycles. The monoisotopic (exact) mass is 502 g/mol. The Hall–Kier alpha value is -4.60. The van der Waals surface area contributed by atoms with Gasteiger partial charge in [-0.2, -0.15) is 10.2 Å². The SMILES string of the molecule is CCOc1ccc(OCc2cccc(C(=O)Nc3cnn(CC)c3C(=O)Nc3cnn(C)c3C)c2)cc1. The number of nitrogens with one attached hydrogen (secondary N) is 2. The number of amides is 2. The molecule has 10 heteroatoms. The first-order valence-corrected chi connectivity index (χ1v) is 12.0. The molecule has 0 aliphatic heterocycles. The third-order valence-electron chi connectivity index (χ3n) is 5.82. The Labute approximate surface area is 215 Å². The minimum absolute atomic E-state index is 0.258. The normalized spacial score (nSPS) is 10.7. The van der Waals surface area contributed by atoms with E-state index in [1.165, 1.54) is 10.9 Å². The summed E-state index contributed by atoms with van der Waals surface area (Å²) in [5, 5.41) is 14.1. The molecule has 0 aliphatic rings. The topological polar surface area (TPSA) is 112 Å². The van der Waals surface area contributed by atoms with Gasteiger partial charge in [0.15, 0.2) is 0 Å². The lowest BCUT2D eigenvalue weighted by molar-refractivity contribution is 0.101. The van der Waals surface area contributed by atoms with Crippen molar-refractivity contribution in [1.29, 1.82) is 0 Å². The zero-order chi connectivity index (χ0) is 26.4. The molecule has 4 aromatic rings. The number of aromatic nitrogens is 4. The van der Waals surface area contributed by atoms with E-state index >= 15 is 0 Å². The van der Waals surface area contributed by atoms with Crippen molar-refractivity contribution in [2.24, 2.45) is 7.05 Å². The first kappa shape index (κ1) is 25.5. The van der Waals surface area contributed by atoms with Crippen molar-refractivity contribution in [2.75, 3.05) is 17.2 Å². The van der Waals surface area contributed by atoms with E-state index in [4.69, 9.17) is 9.47 Å². The molecule has 0 fully saturated rings. The van der Waals surface area contributed by atoms with E-state index in [1.54, 1.807) is 36.1 Å². The number of carbonyl (C=O) groups excluding carboxylic acids is 2. The second-order valence-electron chi connectivity index (χ2n) is 8.29. The van der Waals surface area contributed by atoms with E-state index in [9.17, 15) is 9.59 Å². The standard InChI is InChI=1S/C27H30N6O4/c1-5-33-25(27(35)30-23-15-28-32(4)18(23)3)24(16-29-33)31-26(34)20-9-7-8-19(14-20)17-37-22-12-10-21(11-13-22)36-6-2/h7-16H,5-6,17H2,1-4H3,(H,30,35)(H,31,34). The fourth-order valence-electron chi connectivity index (χ4n) is 3.72. The Balaban J connectivity index is 1.45. The van der Waals surface area contributed by atoms with Gasteiger partial charge >= 0.3 is 0 Å². The number of ether oxygens (including phenoxy) is 2. The van der Waals surface area contributed by atoms with Gasteiger partial charge in [0.05, 0.1) is 36.1 Å². The predicted molar refractivity (Wildman–Crippen MR) is 140 cm³/mol. The molecular weight excluding hydrogens is 472 g/mol. The van der Waals surface area contributed by atoms with Gasteiger partial charge in [-0.25, -0.2) is 0 Å². The molecule has 2 heterocycles. The van der Waals surface area contributed by atoms with Crippen LogP contribution in [0.2, 0.25) is 0 Å². The van der Waals surface area contributed by atoms with Gasteiger partial charge in [0, 0.05) is 19.2 Å². The molecular formula is C27H30N6O4. The number of carbonyl (C=O) groups is 2. The fourth-order valence-corrected chi connectivity index (χ4v) is 3.72. The molecule has 192 valence electrons. The maximum absolute atomic E-state index is 13.1. The molecule has 4 rings (SSSR count). The second kappa shape index (κ2) is 11.4. The van der Waals surface area contributed by atoms with Crippen LogP contribution in [-0.2, 0) is 20.2 Å². The van der Waals surface area contributed by atoms with Crippen LogP contribution in [0.5, 0.6) is 11.5 Å². The zero-order valence-corrected chi connectivity index (χ0v) is 21.3. The lowest BCUT2D eigenvalue weighted by Gasteiger charge is -2.11. The molecule has 2 amide bonds. The number of nitrogens with zero attached hydrogens (tertiary/aromatic N) is 4. The van der Waals surface area contributed by atoms with Crippen molar-refractivity contribution in [3.05, 3.63) is 83.4 Å². The number of aryl methyl sites for hydroxylation is 2.